The van der Waals surface area contributed by atoms with Crippen LogP contribution in [0.4, 0.5) is 26.3 Å². The second kappa shape index (κ2) is 5.31. The summed E-state index contributed by atoms with van der Waals surface area (Å²) in [6, 6.07) is 3.10. The lowest BCUT2D eigenvalue weighted by molar-refractivity contribution is -0.172. The van der Waals surface area contributed by atoms with Gasteiger partial charge in [0.2, 0.25) is 0 Å². The Kier molecular flexibility index (Phi) is 4.44. The zero-order chi connectivity index (χ0) is 14.0. The van der Waals surface area contributed by atoms with Crippen LogP contribution in [0, 0.1) is 0 Å². The lowest BCUT2D eigenvalue weighted by atomic mass is 10.1. The number of alkyl halides is 6. The number of aliphatic hydroxyl groups excluding tert-OH is 1. The molecule has 102 valence electrons. The zero-order valence-electron chi connectivity index (χ0n) is 8.72. The molecule has 1 aromatic rings. The van der Waals surface area contributed by atoms with Gasteiger partial charge in [0, 0.05) is 11.3 Å². The fraction of sp³-hybridized carbons (Fsp3) is 0.400. The highest BCUT2D eigenvalue weighted by atomic mass is 32.1. The third-order valence-electron chi connectivity index (χ3n) is 1.96. The van der Waals surface area contributed by atoms with Gasteiger partial charge in [-0.3, -0.25) is 0 Å². The van der Waals surface area contributed by atoms with Crippen molar-refractivity contribution in [2.75, 3.05) is 0 Å². The van der Waals surface area contributed by atoms with Crippen molar-refractivity contribution in [2.45, 2.75) is 24.9 Å². The number of aliphatic hydroxyl groups is 1. The molecule has 1 heterocycles. The van der Waals surface area contributed by atoms with E-state index >= 15 is 0 Å². The molecule has 0 aromatic carbocycles. The van der Waals surface area contributed by atoms with Crippen LogP contribution in [0.2, 0.25) is 0 Å². The Morgan fingerprint density at radius 2 is 1.78 bits per heavy atom. The minimum atomic E-state index is -5.53. The summed E-state index contributed by atoms with van der Waals surface area (Å²) < 4.78 is 73.0. The maximum Gasteiger partial charge on any atom is 0.421 e. The maximum absolute atomic E-state index is 12.2. The highest BCUT2D eigenvalue weighted by Gasteiger charge is 2.50. The number of allylic oxidation sites excluding steroid dienone is 1. The molecule has 1 N–H and O–H groups in total. The van der Waals surface area contributed by atoms with E-state index in [0.29, 0.717) is 4.88 Å². The van der Waals surface area contributed by atoms with Crippen LogP contribution in [-0.4, -0.2) is 23.6 Å². The van der Waals surface area contributed by atoms with Crippen molar-refractivity contribution in [3.05, 3.63) is 34.0 Å². The van der Waals surface area contributed by atoms with Gasteiger partial charge in [0.15, 0.2) is 0 Å². The Balaban J connectivity index is 2.89. The Morgan fingerprint density at radius 1 is 1.22 bits per heavy atom. The van der Waals surface area contributed by atoms with E-state index in [1.165, 1.54) is 6.07 Å². The molecule has 0 saturated heterocycles. The highest BCUT2D eigenvalue weighted by Crippen LogP contribution is 2.38. The van der Waals surface area contributed by atoms with E-state index in [9.17, 15) is 31.4 Å². The fourth-order valence-electron chi connectivity index (χ4n) is 1.24. The average molecular weight is 290 g/mol. The number of rotatable bonds is 3. The lowest BCUT2D eigenvalue weighted by Gasteiger charge is -2.16. The second-order valence-electron chi connectivity index (χ2n) is 3.43. The van der Waals surface area contributed by atoms with E-state index in [1.54, 1.807) is 11.4 Å². The van der Waals surface area contributed by atoms with Crippen LogP contribution in [0.15, 0.2) is 29.2 Å². The standard InChI is InChI=1S/C10H8F6OS/c11-9(12,13)8(10(14,15)16)5-6(17)4-7-2-1-3-18-7/h1-3,5-6,17H,4H2. The van der Waals surface area contributed by atoms with Crippen LogP contribution in [0.5, 0.6) is 0 Å². The lowest BCUT2D eigenvalue weighted by Crippen LogP contribution is -2.28. The minimum Gasteiger partial charge on any atom is -0.389 e. The van der Waals surface area contributed by atoms with Crippen LogP contribution < -0.4 is 0 Å². The first-order valence-corrected chi connectivity index (χ1v) is 5.55. The summed E-state index contributed by atoms with van der Waals surface area (Å²) in [4.78, 5) is 0.502. The number of hydrogen-bond acceptors (Lipinski definition) is 2. The third-order valence-corrected chi connectivity index (χ3v) is 2.86. The van der Waals surface area contributed by atoms with Crippen LogP contribution in [-0.2, 0) is 6.42 Å². The first-order valence-electron chi connectivity index (χ1n) is 4.67. The molecule has 0 saturated carbocycles. The van der Waals surface area contributed by atoms with Gasteiger partial charge >= 0.3 is 12.4 Å². The van der Waals surface area contributed by atoms with Gasteiger partial charge in [-0.15, -0.1) is 11.3 Å². The van der Waals surface area contributed by atoms with Crippen molar-refractivity contribution in [3.8, 4) is 0 Å². The summed E-state index contributed by atoms with van der Waals surface area (Å²) in [5.41, 5.74) is -2.68. The Labute approximate surface area is 102 Å². The van der Waals surface area contributed by atoms with Crippen molar-refractivity contribution in [1.29, 1.82) is 0 Å². The number of hydrogen-bond donors (Lipinski definition) is 1. The summed E-state index contributed by atoms with van der Waals surface area (Å²) in [7, 11) is 0. The molecule has 0 fully saturated rings. The predicted octanol–water partition coefficient (Wildman–Crippen LogP) is 3.70. The number of thiophene rings is 1. The molecule has 18 heavy (non-hydrogen) atoms. The Morgan fingerprint density at radius 3 is 2.17 bits per heavy atom. The second-order valence-corrected chi connectivity index (χ2v) is 4.46. The van der Waals surface area contributed by atoms with Crippen molar-refractivity contribution in [3.63, 3.8) is 0 Å². The molecule has 0 aliphatic carbocycles. The topological polar surface area (TPSA) is 20.2 Å². The molecule has 8 heteroatoms. The van der Waals surface area contributed by atoms with Crippen molar-refractivity contribution in [1.82, 2.24) is 0 Å². The van der Waals surface area contributed by atoms with E-state index in [4.69, 9.17) is 0 Å². The van der Waals surface area contributed by atoms with E-state index in [0.717, 1.165) is 11.3 Å². The van der Waals surface area contributed by atoms with Gasteiger partial charge in [0.25, 0.3) is 0 Å². The van der Waals surface area contributed by atoms with Gasteiger partial charge in [-0.1, -0.05) is 6.07 Å². The zero-order valence-corrected chi connectivity index (χ0v) is 9.53. The van der Waals surface area contributed by atoms with E-state index in [1.807, 2.05) is 0 Å². The highest BCUT2D eigenvalue weighted by molar-refractivity contribution is 7.09. The summed E-state index contributed by atoms with van der Waals surface area (Å²) >= 11 is 1.14. The van der Waals surface area contributed by atoms with Gasteiger partial charge in [0.1, 0.15) is 5.57 Å². The molecule has 0 bridgehead atoms. The monoisotopic (exact) mass is 290 g/mol. The van der Waals surface area contributed by atoms with Gasteiger partial charge in [-0.05, 0) is 17.5 Å². The van der Waals surface area contributed by atoms with Crippen molar-refractivity contribution >= 4 is 11.3 Å². The molecule has 1 nitrogen and oxygen atoms in total. The van der Waals surface area contributed by atoms with Gasteiger partial charge in [-0.2, -0.15) is 26.3 Å². The molecule has 0 spiro atoms. The molecule has 0 aliphatic rings. The Hall–Kier alpha value is -1.02. The molecular weight excluding hydrogens is 282 g/mol. The van der Waals surface area contributed by atoms with Gasteiger partial charge in [0.05, 0.1) is 6.10 Å². The largest absolute Gasteiger partial charge is 0.421 e. The first-order chi connectivity index (χ1) is 8.10. The predicted molar refractivity (Wildman–Crippen MR) is 54.2 cm³/mol. The van der Waals surface area contributed by atoms with E-state index in [2.05, 4.69) is 0 Å². The minimum absolute atomic E-state index is 0.195. The Bertz CT molecular complexity index is 387. The van der Waals surface area contributed by atoms with Crippen LogP contribution in [0.3, 0.4) is 0 Å². The molecule has 1 atom stereocenters. The van der Waals surface area contributed by atoms with Crippen LogP contribution >= 0.6 is 11.3 Å². The van der Waals surface area contributed by atoms with Crippen LogP contribution in [0.25, 0.3) is 0 Å². The quantitative estimate of drug-likeness (QED) is 0.664. The third kappa shape index (κ3) is 4.34. The van der Waals surface area contributed by atoms with E-state index in [-0.39, 0.29) is 12.5 Å². The van der Waals surface area contributed by atoms with Crippen molar-refractivity contribution in [2.24, 2.45) is 0 Å². The maximum atomic E-state index is 12.2. The molecule has 0 aliphatic heterocycles. The summed E-state index contributed by atoms with van der Waals surface area (Å²) in [5.74, 6) is 0. The smallest absolute Gasteiger partial charge is 0.389 e. The molecule has 1 rings (SSSR count). The van der Waals surface area contributed by atoms with Gasteiger partial charge in [-0.25, -0.2) is 0 Å². The normalized spacial score (nSPS) is 14.4. The average Bonchev–Trinajstić information content (AvgIpc) is 2.63. The summed E-state index contributed by atoms with van der Waals surface area (Å²) in [6.45, 7) is 0. The molecule has 1 aromatic heterocycles. The number of halogens is 6. The first kappa shape index (κ1) is 15.0. The summed E-state index contributed by atoms with van der Waals surface area (Å²) in [6.07, 6.45) is -13.4. The molecule has 0 amide bonds. The fourth-order valence-corrected chi connectivity index (χ4v) is 1.99. The SMILES string of the molecule is OC(C=C(C(F)(F)F)C(F)(F)F)Cc1cccs1. The van der Waals surface area contributed by atoms with Crippen LogP contribution in [0.1, 0.15) is 4.88 Å². The summed E-state index contributed by atoms with van der Waals surface area (Å²) in [5, 5.41) is 10.9. The van der Waals surface area contributed by atoms with Gasteiger partial charge < -0.3 is 5.11 Å². The van der Waals surface area contributed by atoms with E-state index < -0.39 is 24.0 Å². The van der Waals surface area contributed by atoms with Crippen molar-refractivity contribution < 1.29 is 31.4 Å². The molecule has 0 radical (unpaired) electrons. The molecule has 1 unspecified atom stereocenters. The molecular formula is C10H8F6OS.